The van der Waals surface area contributed by atoms with Gasteiger partial charge in [0.15, 0.2) is 0 Å². The van der Waals surface area contributed by atoms with Crippen LogP contribution in [-0.4, -0.2) is 18.9 Å². The first-order valence-corrected chi connectivity index (χ1v) is 9.06. The number of furan rings is 1. The number of anilines is 1. The summed E-state index contributed by atoms with van der Waals surface area (Å²) >= 11 is 0. The molecular weight excluding hydrogens is 368 g/mol. The van der Waals surface area contributed by atoms with Gasteiger partial charge < -0.3 is 19.8 Å². The number of ether oxygens (including phenoxy) is 1. The molecule has 0 aliphatic carbocycles. The van der Waals surface area contributed by atoms with Crippen LogP contribution in [0.5, 0.6) is 5.75 Å². The lowest BCUT2D eigenvalue weighted by atomic mass is 10.1. The Labute approximate surface area is 169 Å². The van der Waals surface area contributed by atoms with Crippen molar-refractivity contribution in [2.24, 2.45) is 0 Å². The second kappa shape index (κ2) is 8.93. The second-order valence-corrected chi connectivity index (χ2v) is 6.46. The average molecular weight is 390 g/mol. The van der Waals surface area contributed by atoms with Crippen LogP contribution in [0.4, 0.5) is 5.69 Å². The number of amides is 2. The highest BCUT2D eigenvalue weighted by molar-refractivity contribution is 6.10. The van der Waals surface area contributed by atoms with Crippen LogP contribution in [0.2, 0.25) is 0 Å². The molecule has 0 saturated carbocycles. The van der Waals surface area contributed by atoms with Gasteiger partial charge >= 0.3 is 0 Å². The zero-order valence-corrected chi connectivity index (χ0v) is 16.5. The molecule has 6 nitrogen and oxygen atoms in total. The van der Waals surface area contributed by atoms with Crippen LogP contribution in [0.3, 0.4) is 0 Å². The van der Waals surface area contributed by atoms with Crippen molar-refractivity contribution in [2.75, 3.05) is 12.4 Å². The van der Waals surface area contributed by atoms with E-state index in [0.717, 1.165) is 11.1 Å². The summed E-state index contributed by atoms with van der Waals surface area (Å²) < 4.78 is 10.4. The number of rotatable bonds is 6. The molecular formula is C23H22N2O4. The molecule has 0 saturated heterocycles. The topological polar surface area (TPSA) is 80.6 Å². The summed E-state index contributed by atoms with van der Waals surface area (Å²) in [5, 5.41) is 5.53. The van der Waals surface area contributed by atoms with Gasteiger partial charge in [-0.2, -0.15) is 0 Å². The molecule has 148 valence electrons. The summed E-state index contributed by atoms with van der Waals surface area (Å²) in [6.45, 7) is 3.90. The predicted molar refractivity (Wildman–Crippen MR) is 112 cm³/mol. The number of hydrogen-bond acceptors (Lipinski definition) is 4. The molecule has 0 atom stereocenters. The van der Waals surface area contributed by atoms with E-state index in [1.807, 2.05) is 32.0 Å². The summed E-state index contributed by atoms with van der Waals surface area (Å²) in [6.07, 6.45) is 2.99. The Balaban J connectivity index is 1.85. The first-order valence-electron chi connectivity index (χ1n) is 9.06. The first-order chi connectivity index (χ1) is 14.0. The van der Waals surface area contributed by atoms with E-state index in [1.165, 1.54) is 12.3 Å². The molecule has 0 spiro atoms. The van der Waals surface area contributed by atoms with Crippen molar-refractivity contribution in [3.8, 4) is 5.75 Å². The smallest absolute Gasteiger partial charge is 0.272 e. The van der Waals surface area contributed by atoms with E-state index in [9.17, 15) is 9.59 Å². The van der Waals surface area contributed by atoms with E-state index in [2.05, 4.69) is 10.6 Å². The second-order valence-electron chi connectivity index (χ2n) is 6.46. The molecule has 1 aromatic heterocycles. The lowest BCUT2D eigenvalue weighted by molar-refractivity contribution is -0.113. The number of nitrogens with one attached hydrogen (secondary N) is 2. The maximum Gasteiger partial charge on any atom is 0.272 e. The molecule has 1 heterocycles. The number of hydrogen-bond donors (Lipinski definition) is 2. The largest absolute Gasteiger partial charge is 0.497 e. The fourth-order valence-electron chi connectivity index (χ4n) is 2.69. The van der Waals surface area contributed by atoms with Crippen molar-refractivity contribution in [3.63, 3.8) is 0 Å². The first kappa shape index (κ1) is 19.9. The molecule has 6 heteroatoms. The third-order valence-corrected chi connectivity index (χ3v) is 4.53. The highest BCUT2D eigenvalue weighted by Crippen LogP contribution is 2.19. The minimum absolute atomic E-state index is 0.0710. The van der Waals surface area contributed by atoms with Gasteiger partial charge in [0, 0.05) is 17.3 Å². The number of carbonyl (C=O) groups excluding carboxylic acids is 2. The minimum Gasteiger partial charge on any atom is -0.497 e. The van der Waals surface area contributed by atoms with Gasteiger partial charge in [0.2, 0.25) is 0 Å². The third kappa shape index (κ3) is 4.93. The molecule has 2 aromatic carbocycles. The van der Waals surface area contributed by atoms with Gasteiger partial charge in [-0.3, -0.25) is 9.59 Å². The lowest BCUT2D eigenvalue weighted by Gasteiger charge is -2.13. The Morgan fingerprint density at radius 2 is 1.76 bits per heavy atom. The lowest BCUT2D eigenvalue weighted by Crippen LogP contribution is -2.30. The number of methoxy groups -OCH3 is 1. The zero-order chi connectivity index (χ0) is 20.8. The number of carbonyl (C=O) groups is 2. The van der Waals surface area contributed by atoms with Gasteiger partial charge in [-0.25, -0.2) is 0 Å². The van der Waals surface area contributed by atoms with Crippen LogP contribution in [0.15, 0.2) is 71.0 Å². The summed E-state index contributed by atoms with van der Waals surface area (Å²) in [5.74, 6) is 0.227. The van der Waals surface area contributed by atoms with Crippen molar-refractivity contribution in [2.45, 2.75) is 13.8 Å². The van der Waals surface area contributed by atoms with Gasteiger partial charge in [-0.05, 0) is 67.4 Å². The average Bonchev–Trinajstić information content (AvgIpc) is 3.24. The van der Waals surface area contributed by atoms with Crippen molar-refractivity contribution in [1.29, 1.82) is 0 Å². The fourth-order valence-corrected chi connectivity index (χ4v) is 2.69. The Hall–Kier alpha value is -3.80. The van der Waals surface area contributed by atoms with Gasteiger partial charge in [0.1, 0.15) is 17.2 Å². The molecule has 0 fully saturated rings. The summed E-state index contributed by atoms with van der Waals surface area (Å²) in [5.41, 5.74) is 3.16. The molecule has 0 bridgehead atoms. The summed E-state index contributed by atoms with van der Waals surface area (Å²) in [6, 6.07) is 15.7. The van der Waals surface area contributed by atoms with E-state index in [1.54, 1.807) is 43.5 Å². The van der Waals surface area contributed by atoms with E-state index in [4.69, 9.17) is 9.15 Å². The molecule has 0 radical (unpaired) electrons. The predicted octanol–water partition coefficient (Wildman–Crippen LogP) is 4.31. The van der Waals surface area contributed by atoms with Crippen molar-refractivity contribution in [1.82, 2.24) is 5.32 Å². The van der Waals surface area contributed by atoms with E-state index in [0.29, 0.717) is 22.8 Å². The Kier molecular flexibility index (Phi) is 6.14. The Bertz CT molecular complexity index is 1040. The maximum atomic E-state index is 12.9. The van der Waals surface area contributed by atoms with Gasteiger partial charge in [-0.15, -0.1) is 0 Å². The van der Waals surface area contributed by atoms with Crippen LogP contribution in [0.25, 0.3) is 6.08 Å². The van der Waals surface area contributed by atoms with Gasteiger partial charge in [0.05, 0.1) is 13.4 Å². The molecule has 3 rings (SSSR count). The van der Waals surface area contributed by atoms with Crippen molar-refractivity contribution >= 4 is 23.6 Å². The van der Waals surface area contributed by atoms with E-state index in [-0.39, 0.29) is 5.70 Å². The summed E-state index contributed by atoms with van der Waals surface area (Å²) in [7, 11) is 1.55. The minimum atomic E-state index is -0.447. The molecule has 2 amide bonds. The van der Waals surface area contributed by atoms with E-state index < -0.39 is 11.8 Å². The van der Waals surface area contributed by atoms with Crippen LogP contribution in [0.1, 0.15) is 27.2 Å². The molecule has 0 unspecified atom stereocenters. The monoisotopic (exact) mass is 390 g/mol. The van der Waals surface area contributed by atoms with Crippen molar-refractivity contribution < 1.29 is 18.7 Å². The van der Waals surface area contributed by atoms with Gasteiger partial charge in [0.25, 0.3) is 11.8 Å². The quantitative estimate of drug-likeness (QED) is 0.615. The molecule has 0 aliphatic rings. The van der Waals surface area contributed by atoms with Gasteiger partial charge in [-0.1, -0.05) is 12.1 Å². The third-order valence-electron chi connectivity index (χ3n) is 4.53. The Morgan fingerprint density at radius 3 is 2.41 bits per heavy atom. The van der Waals surface area contributed by atoms with Crippen LogP contribution in [-0.2, 0) is 4.79 Å². The normalized spacial score (nSPS) is 11.1. The maximum absolute atomic E-state index is 12.9. The molecule has 29 heavy (non-hydrogen) atoms. The summed E-state index contributed by atoms with van der Waals surface area (Å²) in [4.78, 5) is 25.6. The number of benzene rings is 2. The van der Waals surface area contributed by atoms with Crippen LogP contribution < -0.4 is 15.4 Å². The molecule has 3 aromatic rings. The zero-order valence-electron chi connectivity index (χ0n) is 16.5. The van der Waals surface area contributed by atoms with E-state index >= 15 is 0 Å². The highest BCUT2D eigenvalue weighted by atomic mass is 16.5. The Morgan fingerprint density at radius 1 is 1.00 bits per heavy atom. The van der Waals surface area contributed by atoms with Crippen molar-refractivity contribution in [3.05, 3.63) is 89.0 Å². The SMILES string of the molecule is COc1ccc(C(=O)N/C(=C\c2ccco2)C(=O)Nc2cccc(C)c2C)cc1. The van der Waals surface area contributed by atoms with Crippen LogP contribution in [0, 0.1) is 13.8 Å². The van der Waals surface area contributed by atoms with Crippen LogP contribution >= 0.6 is 0 Å². The molecule has 2 N–H and O–H groups in total. The molecule has 0 aliphatic heterocycles. The highest BCUT2D eigenvalue weighted by Gasteiger charge is 2.16. The number of aryl methyl sites for hydroxylation is 1. The standard InChI is InChI=1S/C23H22N2O4/c1-15-6-4-8-20(16(15)2)24-23(27)21(14-19-7-5-13-29-19)25-22(26)17-9-11-18(28-3)12-10-17/h4-14H,1-3H3,(H,24,27)(H,25,26)/b21-14-. The fraction of sp³-hybridized carbons (Fsp3) is 0.130.